The first-order valence-corrected chi connectivity index (χ1v) is 4.47. The lowest BCUT2D eigenvalue weighted by molar-refractivity contribution is -0.138. The van der Waals surface area contributed by atoms with Crippen molar-refractivity contribution in [2.45, 2.75) is 0 Å². The van der Waals surface area contributed by atoms with E-state index in [1.54, 1.807) is 18.2 Å². The van der Waals surface area contributed by atoms with E-state index in [0.717, 1.165) is 4.47 Å². The van der Waals surface area contributed by atoms with Crippen molar-refractivity contribution in [3.8, 4) is 5.75 Å². The lowest BCUT2D eigenvalue weighted by atomic mass is 10.3. The van der Waals surface area contributed by atoms with Crippen LogP contribution in [0.1, 0.15) is 0 Å². The maximum atomic E-state index is 11.0. The van der Waals surface area contributed by atoms with Gasteiger partial charge < -0.3 is 9.47 Å². The van der Waals surface area contributed by atoms with Crippen molar-refractivity contribution in [3.05, 3.63) is 28.7 Å². The monoisotopic (exact) mass is 244 g/mol. The van der Waals surface area contributed by atoms with Crippen LogP contribution in [0.4, 0.5) is 0 Å². The van der Waals surface area contributed by atoms with Gasteiger partial charge >= 0.3 is 5.97 Å². The van der Waals surface area contributed by atoms with Crippen molar-refractivity contribution in [2.24, 2.45) is 0 Å². The third-order valence-corrected chi connectivity index (χ3v) is 1.98. The zero-order chi connectivity index (χ0) is 9.68. The van der Waals surface area contributed by atoms with Gasteiger partial charge in [-0.15, -0.1) is 0 Å². The Labute approximate surface area is 84.8 Å². The molecule has 3 nitrogen and oxygen atoms in total. The zero-order valence-electron chi connectivity index (χ0n) is 7.12. The Morgan fingerprint density at radius 1 is 1.46 bits per heavy atom. The molecular weight excluding hydrogens is 236 g/mol. The minimum atomic E-state index is -0.408. The lowest BCUT2D eigenvalue weighted by Gasteiger charge is -2.04. The molecule has 13 heavy (non-hydrogen) atoms. The second-order valence-corrected chi connectivity index (χ2v) is 3.19. The summed E-state index contributed by atoms with van der Waals surface area (Å²) >= 11 is 3.26. The molecule has 1 aromatic carbocycles. The Balaban J connectivity index is 2.63. The molecule has 1 rings (SSSR count). The summed E-state index contributed by atoms with van der Waals surface area (Å²) in [5.41, 5.74) is 0. The molecule has 0 aliphatic rings. The van der Waals surface area contributed by atoms with Gasteiger partial charge in [-0.1, -0.05) is 12.1 Å². The largest absolute Gasteiger partial charge is 0.424 e. The molecule has 0 fully saturated rings. The molecule has 0 amide bonds. The second-order valence-electron chi connectivity index (χ2n) is 2.34. The summed E-state index contributed by atoms with van der Waals surface area (Å²) in [7, 11) is 1.45. The van der Waals surface area contributed by atoms with Gasteiger partial charge in [-0.3, -0.25) is 0 Å². The van der Waals surface area contributed by atoms with Crippen LogP contribution in [0.25, 0.3) is 0 Å². The van der Waals surface area contributed by atoms with Crippen LogP contribution in [-0.4, -0.2) is 19.7 Å². The quantitative estimate of drug-likeness (QED) is 0.603. The fraction of sp³-hybridized carbons (Fsp3) is 0.222. The topological polar surface area (TPSA) is 35.5 Å². The summed E-state index contributed by atoms with van der Waals surface area (Å²) in [5.74, 6) is 0.0963. The Morgan fingerprint density at radius 2 is 2.15 bits per heavy atom. The summed E-state index contributed by atoms with van der Waals surface area (Å²) in [6.07, 6.45) is 0. The molecule has 0 bridgehead atoms. The van der Waals surface area contributed by atoms with Crippen LogP contribution in [0, 0.1) is 0 Å². The molecule has 0 aromatic heterocycles. The minimum absolute atomic E-state index is 0.0403. The van der Waals surface area contributed by atoms with Crippen LogP contribution < -0.4 is 4.74 Å². The predicted molar refractivity (Wildman–Crippen MR) is 51.7 cm³/mol. The van der Waals surface area contributed by atoms with Crippen LogP contribution in [0.2, 0.25) is 0 Å². The maximum Gasteiger partial charge on any atom is 0.337 e. The standard InChI is InChI=1S/C9H9BrO3/c1-12-6-9(11)13-8-5-3-2-4-7(8)10/h2-5H,6H2,1H3. The van der Waals surface area contributed by atoms with Gasteiger partial charge in [0.2, 0.25) is 0 Å². The minimum Gasteiger partial charge on any atom is -0.424 e. The van der Waals surface area contributed by atoms with Crippen molar-refractivity contribution in [2.75, 3.05) is 13.7 Å². The smallest absolute Gasteiger partial charge is 0.337 e. The molecule has 4 heteroatoms. The highest BCUT2D eigenvalue weighted by atomic mass is 79.9. The number of hydrogen-bond donors (Lipinski definition) is 0. The molecule has 0 atom stereocenters. The van der Waals surface area contributed by atoms with Gasteiger partial charge in [-0.2, -0.15) is 0 Å². The third kappa shape index (κ3) is 3.16. The van der Waals surface area contributed by atoms with E-state index in [-0.39, 0.29) is 6.61 Å². The van der Waals surface area contributed by atoms with Crippen molar-refractivity contribution < 1.29 is 14.3 Å². The van der Waals surface area contributed by atoms with Crippen LogP contribution >= 0.6 is 15.9 Å². The third-order valence-electron chi connectivity index (χ3n) is 1.32. The number of esters is 1. The van der Waals surface area contributed by atoms with Gasteiger partial charge in [-0.25, -0.2) is 4.79 Å². The van der Waals surface area contributed by atoms with Crippen LogP contribution in [0.5, 0.6) is 5.75 Å². The van der Waals surface area contributed by atoms with Gasteiger partial charge in [-0.05, 0) is 28.1 Å². The summed E-state index contributed by atoms with van der Waals surface area (Å²) in [4.78, 5) is 11.0. The first kappa shape index (κ1) is 10.2. The van der Waals surface area contributed by atoms with Crippen molar-refractivity contribution in [1.29, 1.82) is 0 Å². The summed E-state index contributed by atoms with van der Waals surface area (Å²) in [5, 5.41) is 0. The highest BCUT2D eigenvalue weighted by molar-refractivity contribution is 9.10. The maximum absolute atomic E-state index is 11.0. The SMILES string of the molecule is COCC(=O)Oc1ccccc1Br. The first-order valence-electron chi connectivity index (χ1n) is 3.68. The lowest BCUT2D eigenvalue weighted by Crippen LogP contribution is -2.14. The van der Waals surface area contributed by atoms with Crippen molar-refractivity contribution in [3.63, 3.8) is 0 Å². The van der Waals surface area contributed by atoms with Gasteiger partial charge in [0, 0.05) is 7.11 Å². The van der Waals surface area contributed by atoms with E-state index in [9.17, 15) is 4.79 Å². The Hall–Kier alpha value is -0.870. The van der Waals surface area contributed by atoms with E-state index in [1.165, 1.54) is 7.11 Å². The zero-order valence-corrected chi connectivity index (χ0v) is 8.71. The Bertz CT molecular complexity index is 299. The van der Waals surface area contributed by atoms with Gasteiger partial charge in [0.25, 0.3) is 0 Å². The number of halogens is 1. The number of ether oxygens (including phenoxy) is 2. The molecule has 0 saturated carbocycles. The van der Waals surface area contributed by atoms with E-state index in [1.807, 2.05) is 6.07 Å². The van der Waals surface area contributed by atoms with Crippen LogP contribution in [-0.2, 0) is 9.53 Å². The summed E-state index contributed by atoms with van der Waals surface area (Å²) in [6, 6.07) is 7.14. The molecule has 1 aromatic rings. The Morgan fingerprint density at radius 3 is 2.77 bits per heavy atom. The predicted octanol–water partition coefficient (Wildman–Crippen LogP) is 2.00. The number of methoxy groups -OCH3 is 1. The summed E-state index contributed by atoms with van der Waals surface area (Å²) < 4.78 is 10.4. The molecule has 0 aliphatic heterocycles. The fourth-order valence-corrected chi connectivity index (χ4v) is 1.16. The van der Waals surface area contributed by atoms with Gasteiger partial charge in [0.15, 0.2) is 0 Å². The first-order chi connectivity index (χ1) is 6.24. The van der Waals surface area contributed by atoms with E-state index in [4.69, 9.17) is 4.74 Å². The van der Waals surface area contributed by atoms with Crippen LogP contribution in [0.3, 0.4) is 0 Å². The Kier molecular flexibility index (Phi) is 3.92. The highest BCUT2D eigenvalue weighted by Crippen LogP contribution is 2.23. The summed E-state index contributed by atoms with van der Waals surface area (Å²) in [6.45, 7) is -0.0403. The number of carbonyl (C=O) groups excluding carboxylic acids is 1. The van der Waals surface area contributed by atoms with E-state index < -0.39 is 5.97 Å². The molecule has 0 N–H and O–H groups in total. The average molecular weight is 245 g/mol. The van der Waals surface area contributed by atoms with E-state index in [0.29, 0.717) is 5.75 Å². The molecule has 0 heterocycles. The van der Waals surface area contributed by atoms with Gasteiger partial charge in [0.05, 0.1) is 4.47 Å². The number of hydrogen-bond acceptors (Lipinski definition) is 3. The number of rotatable bonds is 3. The van der Waals surface area contributed by atoms with Crippen molar-refractivity contribution in [1.82, 2.24) is 0 Å². The van der Waals surface area contributed by atoms with E-state index >= 15 is 0 Å². The molecule has 0 aliphatic carbocycles. The molecule has 0 unspecified atom stereocenters. The molecule has 0 saturated heterocycles. The average Bonchev–Trinajstić information content (AvgIpc) is 2.09. The number of carbonyl (C=O) groups is 1. The van der Waals surface area contributed by atoms with E-state index in [2.05, 4.69) is 20.7 Å². The van der Waals surface area contributed by atoms with Crippen LogP contribution in [0.15, 0.2) is 28.7 Å². The molecule has 0 radical (unpaired) electrons. The molecule has 0 spiro atoms. The molecular formula is C9H9BrO3. The van der Waals surface area contributed by atoms with Gasteiger partial charge in [0.1, 0.15) is 12.4 Å². The fourth-order valence-electron chi connectivity index (χ4n) is 0.797. The number of benzene rings is 1. The second kappa shape index (κ2) is 4.99. The number of para-hydroxylation sites is 1. The van der Waals surface area contributed by atoms with Crippen molar-refractivity contribution >= 4 is 21.9 Å². The molecule has 70 valence electrons. The highest BCUT2D eigenvalue weighted by Gasteiger charge is 2.05. The normalized spacial score (nSPS) is 9.69.